The zero-order valence-corrected chi connectivity index (χ0v) is 19.5. The number of allylic oxidation sites excluding steroid dienone is 9. The van der Waals surface area contributed by atoms with Crippen LogP contribution in [0.5, 0.6) is 0 Å². The highest BCUT2D eigenvalue weighted by molar-refractivity contribution is 6.99. The third-order valence-corrected chi connectivity index (χ3v) is 6.60. The zero-order chi connectivity index (χ0) is 22.8. The largest absolute Gasteiger partial charge is 0.242 e. The van der Waals surface area contributed by atoms with Gasteiger partial charge in [0.25, 0.3) is 0 Å². The molecule has 5 rings (SSSR count). The molecule has 0 atom stereocenters. The molecule has 2 aliphatic rings. The van der Waals surface area contributed by atoms with Gasteiger partial charge < -0.3 is 0 Å². The van der Waals surface area contributed by atoms with Gasteiger partial charge in [0, 0.05) is 0 Å². The molecule has 1 aliphatic carbocycles. The lowest BCUT2D eigenvalue weighted by molar-refractivity contribution is 1.02. The summed E-state index contributed by atoms with van der Waals surface area (Å²) in [6.07, 6.45) is 13.4. The molecule has 0 aromatic heterocycles. The maximum absolute atomic E-state index is 4.19. The van der Waals surface area contributed by atoms with Crippen LogP contribution in [0.3, 0.4) is 0 Å². The molecular formula is C32H29B. The van der Waals surface area contributed by atoms with Crippen molar-refractivity contribution in [3.63, 3.8) is 0 Å². The molecule has 160 valence electrons. The van der Waals surface area contributed by atoms with Crippen molar-refractivity contribution in [3.05, 3.63) is 132 Å². The predicted molar refractivity (Wildman–Crippen MR) is 146 cm³/mol. The molecule has 0 amide bonds. The van der Waals surface area contributed by atoms with Gasteiger partial charge in [-0.2, -0.15) is 0 Å². The summed E-state index contributed by atoms with van der Waals surface area (Å²) in [6.45, 7) is 8.80. The van der Waals surface area contributed by atoms with Crippen LogP contribution in [0.15, 0.2) is 126 Å². The average Bonchev–Trinajstić information content (AvgIpc) is 3.18. The molecule has 3 aromatic rings. The first-order chi connectivity index (χ1) is 16.2. The van der Waals surface area contributed by atoms with E-state index in [-0.39, 0.29) is 6.71 Å². The maximum Gasteiger partial charge on any atom is 0.242 e. The lowest BCUT2D eigenvalue weighted by Crippen LogP contribution is -2.48. The van der Waals surface area contributed by atoms with Gasteiger partial charge in [0.05, 0.1) is 0 Å². The van der Waals surface area contributed by atoms with Crippen molar-refractivity contribution < 1.29 is 0 Å². The lowest BCUT2D eigenvalue weighted by atomic mass is 9.39. The predicted octanol–water partition coefficient (Wildman–Crippen LogP) is 6.37. The number of hydrogen-bond donors (Lipinski definition) is 0. The van der Waals surface area contributed by atoms with E-state index in [4.69, 9.17) is 0 Å². The van der Waals surface area contributed by atoms with Crippen molar-refractivity contribution in [2.24, 2.45) is 0 Å². The maximum atomic E-state index is 4.19. The highest BCUT2D eigenvalue weighted by Gasteiger charge is 2.33. The number of benzene rings is 3. The van der Waals surface area contributed by atoms with Gasteiger partial charge in [0.1, 0.15) is 0 Å². The molecule has 0 bridgehead atoms. The van der Waals surface area contributed by atoms with Gasteiger partial charge in [0.15, 0.2) is 0 Å². The molecule has 0 saturated heterocycles. The van der Waals surface area contributed by atoms with Gasteiger partial charge >= 0.3 is 0 Å². The van der Waals surface area contributed by atoms with Crippen LogP contribution < -0.4 is 16.4 Å². The van der Waals surface area contributed by atoms with E-state index in [2.05, 4.69) is 118 Å². The van der Waals surface area contributed by atoms with E-state index in [0.717, 1.165) is 12.8 Å². The summed E-state index contributed by atoms with van der Waals surface area (Å²) in [5, 5.41) is 0. The zero-order valence-electron chi connectivity index (χ0n) is 19.5. The molecule has 0 N–H and O–H groups in total. The lowest BCUT2D eigenvalue weighted by Gasteiger charge is -2.16. The fraction of sp³-hybridized carbons (Fsp3) is 0.125. The molecule has 0 radical (unpaired) electrons. The Hall–Kier alpha value is -3.58. The first-order valence-corrected chi connectivity index (χ1v) is 11.8. The van der Waals surface area contributed by atoms with E-state index in [9.17, 15) is 0 Å². The number of hydrogen-bond acceptors (Lipinski definition) is 0. The van der Waals surface area contributed by atoms with Crippen LogP contribution in [0.2, 0.25) is 0 Å². The molecule has 0 unspecified atom stereocenters. The highest BCUT2D eigenvalue weighted by Crippen LogP contribution is 2.33. The minimum absolute atomic E-state index is 0.283. The van der Waals surface area contributed by atoms with Crippen molar-refractivity contribution >= 4 is 28.7 Å². The van der Waals surface area contributed by atoms with Crippen LogP contribution in [0.1, 0.15) is 32.3 Å². The summed E-state index contributed by atoms with van der Waals surface area (Å²) in [6, 6.07) is 26.8. The quantitative estimate of drug-likeness (QED) is 0.258. The van der Waals surface area contributed by atoms with Crippen molar-refractivity contribution in [2.75, 3.05) is 0 Å². The van der Waals surface area contributed by atoms with Gasteiger partial charge in [-0.25, -0.2) is 0 Å². The summed E-state index contributed by atoms with van der Waals surface area (Å²) in [4.78, 5) is 0. The fourth-order valence-electron chi connectivity index (χ4n) is 5.18. The second-order valence-corrected chi connectivity index (χ2v) is 9.13. The van der Waals surface area contributed by atoms with Gasteiger partial charge in [-0.3, -0.25) is 0 Å². The van der Waals surface area contributed by atoms with E-state index in [1.165, 1.54) is 55.4 Å². The molecular weight excluding hydrogens is 395 g/mol. The Morgan fingerprint density at radius 2 is 1.58 bits per heavy atom. The average molecular weight is 424 g/mol. The van der Waals surface area contributed by atoms with Crippen LogP contribution >= 0.6 is 0 Å². The van der Waals surface area contributed by atoms with Crippen molar-refractivity contribution in [1.82, 2.24) is 0 Å². The Kier molecular flexibility index (Phi) is 5.88. The van der Waals surface area contributed by atoms with Crippen LogP contribution in [-0.4, -0.2) is 6.71 Å². The monoisotopic (exact) mass is 424 g/mol. The van der Waals surface area contributed by atoms with Gasteiger partial charge in [-0.1, -0.05) is 126 Å². The van der Waals surface area contributed by atoms with Crippen LogP contribution in [-0.2, 0) is 0 Å². The van der Waals surface area contributed by atoms with Crippen molar-refractivity contribution in [3.8, 4) is 11.1 Å². The molecule has 0 saturated carbocycles. The van der Waals surface area contributed by atoms with E-state index < -0.39 is 0 Å². The summed E-state index contributed by atoms with van der Waals surface area (Å²) >= 11 is 0. The number of rotatable bonds is 5. The molecule has 33 heavy (non-hydrogen) atoms. The second-order valence-electron chi connectivity index (χ2n) is 9.13. The molecule has 0 spiro atoms. The molecule has 1 heteroatoms. The van der Waals surface area contributed by atoms with Gasteiger partial charge in [-0.05, 0) is 66.2 Å². The van der Waals surface area contributed by atoms with Gasteiger partial charge in [0.2, 0.25) is 6.71 Å². The molecule has 1 aliphatic heterocycles. The highest BCUT2D eigenvalue weighted by atomic mass is 14.2. The Balaban J connectivity index is 1.71. The second kappa shape index (κ2) is 9.12. The Bertz CT molecular complexity index is 1330. The van der Waals surface area contributed by atoms with Crippen LogP contribution in [0, 0.1) is 0 Å². The van der Waals surface area contributed by atoms with Crippen LogP contribution in [0.25, 0.3) is 16.7 Å². The van der Waals surface area contributed by atoms with Crippen molar-refractivity contribution in [2.45, 2.75) is 26.7 Å². The Morgan fingerprint density at radius 3 is 2.30 bits per heavy atom. The molecule has 0 nitrogen and oxygen atoms in total. The standard InChI is InChI=1S/C32H29B/c1-4-27(24-13-7-5-8-14-24)29(21-23(2)3)25-19-20-32-30(22-25)28-17-11-12-18-31(28)33(32)26-15-9-6-10-16-26/h4,6-7,9-22H,1,5,8H2,2-3H3/b29-27-. The third-order valence-electron chi connectivity index (χ3n) is 6.60. The minimum atomic E-state index is 0.283. The molecule has 3 aromatic carbocycles. The smallest absolute Gasteiger partial charge is 0.0984 e. The van der Waals surface area contributed by atoms with E-state index in [1.807, 2.05) is 6.08 Å². The summed E-state index contributed by atoms with van der Waals surface area (Å²) < 4.78 is 0. The minimum Gasteiger partial charge on any atom is -0.0984 e. The van der Waals surface area contributed by atoms with Crippen molar-refractivity contribution in [1.29, 1.82) is 0 Å². The fourth-order valence-corrected chi connectivity index (χ4v) is 5.18. The SMILES string of the molecule is C=C/C(C1=CCCC=C1)=C(\C=C(C)C)c1ccc2c(c1)-c1ccccc1B2c1ccccc1. The topological polar surface area (TPSA) is 0 Å². The Morgan fingerprint density at radius 1 is 0.818 bits per heavy atom. The van der Waals surface area contributed by atoms with E-state index in [0.29, 0.717) is 0 Å². The normalized spacial score (nSPS) is 14.7. The molecule has 1 heterocycles. The first kappa shape index (κ1) is 21.3. The van der Waals surface area contributed by atoms with E-state index in [1.54, 1.807) is 0 Å². The van der Waals surface area contributed by atoms with Crippen LogP contribution in [0.4, 0.5) is 0 Å². The van der Waals surface area contributed by atoms with E-state index >= 15 is 0 Å². The first-order valence-electron chi connectivity index (χ1n) is 11.8. The number of fused-ring (bicyclic) bond motifs is 3. The summed E-state index contributed by atoms with van der Waals surface area (Å²) in [7, 11) is 0. The molecule has 0 fully saturated rings. The third kappa shape index (κ3) is 4.00. The summed E-state index contributed by atoms with van der Waals surface area (Å²) in [5.41, 5.74) is 13.1. The van der Waals surface area contributed by atoms with Gasteiger partial charge in [-0.15, -0.1) is 0 Å². The summed E-state index contributed by atoms with van der Waals surface area (Å²) in [5.74, 6) is 0. The Labute approximate surface area is 198 Å².